The number of hydrogen-bond acceptors (Lipinski definition) is 6. The highest BCUT2D eigenvalue weighted by atomic mass is 16.5. The number of piperazine rings is 1. The Morgan fingerprint density at radius 2 is 1.86 bits per heavy atom. The summed E-state index contributed by atoms with van der Waals surface area (Å²) in [5, 5.41) is 2.89. The lowest BCUT2D eigenvalue weighted by Crippen LogP contribution is -2.47. The molecule has 2 heterocycles. The Morgan fingerprint density at radius 1 is 1.11 bits per heavy atom. The van der Waals surface area contributed by atoms with Gasteiger partial charge in [-0.25, -0.2) is 9.97 Å². The Hall–Kier alpha value is -2.67. The summed E-state index contributed by atoms with van der Waals surface area (Å²) in [5.41, 5.74) is 3.73. The zero-order valence-corrected chi connectivity index (χ0v) is 16.9. The molecule has 0 atom stereocenters. The molecule has 1 aliphatic heterocycles. The van der Waals surface area contributed by atoms with E-state index in [1.54, 1.807) is 13.2 Å². The second kappa shape index (κ2) is 9.50. The number of nitrogens with one attached hydrogen (secondary N) is 1. The van der Waals surface area contributed by atoms with E-state index in [9.17, 15) is 4.79 Å². The van der Waals surface area contributed by atoms with E-state index in [0.717, 1.165) is 38.3 Å². The van der Waals surface area contributed by atoms with Crippen molar-refractivity contribution in [3.8, 4) is 0 Å². The molecule has 7 nitrogen and oxygen atoms in total. The normalized spacial score (nSPS) is 14.2. The second-order valence-electron chi connectivity index (χ2n) is 7.11. The first-order chi connectivity index (χ1) is 13.6. The minimum atomic E-state index is -0.166. The fraction of sp³-hybridized carbons (Fsp3) is 0.476. The number of hydrogen-bond donors (Lipinski definition) is 1. The Bertz CT molecular complexity index is 803. The van der Waals surface area contributed by atoms with Gasteiger partial charge in [-0.05, 0) is 44.0 Å². The van der Waals surface area contributed by atoms with Crippen LogP contribution in [0.15, 0.2) is 30.3 Å². The topological polar surface area (TPSA) is 70.6 Å². The van der Waals surface area contributed by atoms with Crippen molar-refractivity contribution in [1.29, 1.82) is 0 Å². The molecule has 1 amide bonds. The van der Waals surface area contributed by atoms with Crippen molar-refractivity contribution in [2.75, 3.05) is 56.2 Å². The molecular formula is C21H29N5O2. The monoisotopic (exact) mass is 383 g/mol. The molecule has 1 aromatic heterocycles. The maximum atomic E-state index is 12.4. The number of methoxy groups -OCH3 is 1. The molecule has 1 saturated heterocycles. The third kappa shape index (κ3) is 5.19. The highest BCUT2D eigenvalue weighted by Crippen LogP contribution is 2.20. The summed E-state index contributed by atoms with van der Waals surface area (Å²) in [4.78, 5) is 26.0. The molecule has 7 heteroatoms. The summed E-state index contributed by atoms with van der Waals surface area (Å²) >= 11 is 0. The lowest BCUT2D eigenvalue weighted by molar-refractivity contribution is 0.0943. The highest BCUT2D eigenvalue weighted by Gasteiger charge is 2.21. The molecule has 0 unspecified atom stereocenters. The lowest BCUT2D eigenvalue weighted by Gasteiger charge is -2.36. The summed E-state index contributed by atoms with van der Waals surface area (Å²) in [5.74, 6) is 0.465. The van der Waals surface area contributed by atoms with Crippen molar-refractivity contribution in [3.05, 3.63) is 47.3 Å². The van der Waals surface area contributed by atoms with Crippen molar-refractivity contribution in [2.24, 2.45) is 0 Å². The first kappa shape index (κ1) is 20.1. The summed E-state index contributed by atoms with van der Waals surface area (Å²) in [6, 6.07) is 10.3. The number of carbonyl (C=O) groups excluding carboxylic acids is 1. The fourth-order valence-electron chi connectivity index (χ4n) is 3.31. The summed E-state index contributed by atoms with van der Waals surface area (Å²) in [6.45, 7) is 8.66. The van der Waals surface area contributed by atoms with Crippen LogP contribution in [-0.2, 0) is 4.74 Å². The molecule has 1 aromatic carbocycles. The highest BCUT2D eigenvalue weighted by molar-refractivity contribution is 5.92. The number of amides is 1. The first-order valence-corrected chi connectivity index (χ1v) is 9.76. The van der Waals surface area contributed by atoms with Crippen LogP contribution in [0.4, 0.5) is 11.6 Å². The zero-order chi connectivity index (χ0) is 19.9. The van der Waals surface area contributed by atoms with Gasteiger partial charge in [0.05, 0.1) is 0 Å². The van der Waals surface area contributed by atoms with Crippen molar-refractivity contribution in [2.45, 2.75) is 20.3 Å². The van der Waals surface area contributed by atoms with E-state index in [-0.39, 0.29) is 5.91 Å². The summed E-state index contributed by atoms with van der Waals surface area (Å²) in [6.07, 6.45) is 0.778. The molecule has 1 aliphatic rings. The van der Waals surface area contributed by atoms with Crippen LogP contribution in [0.3, 0.4) is 0 Å². The first-order valence-electron chi connectivity index (χ1n) is 9.76. The van der Waals surface area contributed by atoms with Crippen LogP contribution < -0.4 is 15.1 Å². The van der Waals surface area contributed by atoms with Gasteiger partial charge in [-0.1, -0.05) is 12.1 Å². The minimum absolute atomic E-state index is 0.166. The molecule has 2 aromatic rings. The average molecular weight is 383 g/mol. The number of nitrogens with zero attached hydrogens (tertiary/aromatic N) is 4. The van der Waals surface area contributed by atoms with Gasteiger partial charge in [-0.2, -0.15) is 0 Å². The number of ether oxygens (including phenoxy) is 1. The number of carbonyl (C=O) groups is 1. The van der Waals surface area contributed by atoms with Crippen LogP contribution in [0.1, 0.15) is 28.2 Å². The lowest BCUT2D eigenvalue weighted by atomic mass is 10.2. The number of aryl methyl sites for hydroxylation is 2. The predicted octanol–water partition coefficient (Wildman–Crippen LogP) is 2.19. The Labute approximate surface area is 166 Å². The maximum Gasteiger partial charge on any atom is 0.270 e. The SMILES string of the molecule is COCCCNC(=O)c1cc(C)nc(N2CCN(c3cccc(C)c3)CC2)n1. The molecule has 1 N–H and O–H groups in total. The van der Waals surface area contributed by atoms with Gasteiger partial charge in [0.1, 0.15) is 5.69 Å². The minimum Gasteiger partial charge on any atom is -0.385 e. The van der Waals surface area contributed by atoms with E-state index in [1.807, 2.05) is 6.92 Å². The van der Waals surface area contributed by atoms with E-state index in [2.05, 4.69) is 56.3 Å². The quantitative estimate of drug-likeness (QED) is 0.739. The van der Waals surface area contributed by atoms with Gasteiger partial charge in [0.2, 0.25) is 5.95 Å². The van der Waals surface area contributed by atoms with Gasteiger partial charge in [0.15, 0.2) is 0 Å². The van der Waals surface area contributed by atoms with Gasteiger partial charge in [-0.15, -0.1) is 0 Å². The molecule has 0 bridgehead atoms. The third-order valence-electron chi connectivity index (χ3n) is 4.82. The number of rotatable bonds is 7. The third-order valence-corrected chi connectivity index (χ3v) is 4.82. The molecule has 1 fully saturated rings. The molecule has 150 valence electrons. The summed E-state index contributed by atoms with van der Waals surface area (Å²) in [7, 11) is 1.65. The Kier molecular flexibility index (Phi) is 6.81. The molecule has 0 radical (unpaired) electrons. The van der Waals surface area contributed by atoms with E-state index in [0.29, 0.717) is 24.8 Å². The van der Waals surface area contributed by atoms with E-state index in [4.69, 9.17) is 4.74 Å². The van der Waals surface area contributed by atoms with Crippen LogP contribution in [0.5, 0.6) is 0 Å². The number of anilines is 2. The van der Waals surface area contributed by atoms with E-state index < -0.39 is 0 Å². The van der Waals surface area contributed by atoms with Crippen molar-refractivity contribution in [1.82, 2.24) is 15.3 Å². The summed E-state index contributed by atoms with van der Waals surface area (Å²) < 4.78 is 5.01. The molecule has 0 spiro atoms. The second-order valence-corrected chi connectivity index (χ2v) is 7.11. The zero-order valence-electron chi connectivity index (χ0n) is 16.9. The van der Waals surface area contributed by atoms with Crippen LogP contribution in [0, 0.1) is 13.8 Å². The van der Waals surface area contributed by atoms with Crippen molar-refractivity contribution >= 4 is 17.5 Å². The molecule has 0 saturated carbocycles. The van der Waals surface area contributed by atoms with Gasteiger partial charge in [-0.3, -0.25) is 4.79 Å². The van der Waals surface area contributed by atoms with E-state index in [1.165, 1.54) is 11.3 Å². The molecule has 3 rings (SSSR count). The standard InChI is InChI=1S/C21H29N5O2/c1-16-6-4-7-18(14-16)25-9-11-26(12-10-25)21-23-17(2)15-19(24-21)20(27)22-8-5-13-28-3/h4,6-7,14-15H,5,8-13H2,1-3H3,(H,22,27). The van der Waals surface area contributed by atoms with Gasteiger partial charge in [0, 0.05) is 57.8 Å². The largest absolute Gasteiger partial charge is 0.385 e. The predicted molar refractivity (Wildman–Crippen MR) is 111 cm³/mol. The number of benzene rings is 1. The average Bonchev–Trinajstić information content (AvgIpc) is 2.71. The Balaban J connectivity index is 1.63. The van der Waals surface area contributed by atoms with Crippen LogP contribution in [0.25, 0.3) is 0 Å². The smallest absolute Gasteiger partial charge is 0.270 e. The van der Waals surface area contributed by atoms with Crippen molar-refractivity contribution in [3.63, 3.8) is 0 Å². The van der Waals surface area contributed by atoms with Gasteiger partial charge in [0.25, 0.3) is 5.91 Å². The van der Waals surface area contributed by atoms with Crippen LogP contribution >= 0.6 is 0 Å². The van der Waals surface area contributed by atoms with Crippen LogP contribution in [-0.4, -0.2) is 62.3 Å². The Morgan fingerprint density at radius 3 is 2.57 bits per heavy atom. The molecule has 0 aliphatic carbocycles. The fourth-order valence-corrected chi connectivity index (χ4v) is 3.31. The molecular weight excluding hydrogens is 354 g/mol. The van der Waals surface area contributed by atoms with Gasteiger partial charge >= 0.3 is 0 Å². The van der Waals surface area contributed by atoms with Crippen molar-refractivity contribution < 1.29 is 9.53 Å². The van der Waals surface area contributed by atoms with E-state index >= 15 is 0 Å². The van der Waals surface area contributed by atoms with Gasteiger partial charge < -0.3 is 19.9 Å². The van der Waals surface area contributed by atoms with Crippen LogP contribution in [0.2, 0.25) is 0 Å². The maximum absolute atomic E-state index is 12.4. The molecule has 28 heavy (non-hydrogen) atoms. The number of aromatic nitrogens is 2.